The standard InChI is InChI=1S/C72H111N9O23.2C2H4/c1-49(2)40-58(60(84)25-27-63(87)73-30-18-32-98-36-34-96-8)79-65(89)53(42-51-20-12-10-13-21-51)44-55(82)46-76-67(91)100-38-39-101-71(95)81-57(62(86)48-78-68(92)102-72(5,6)7)24-16-17-29-75-69(93)103-104-70(94)77-47-56(83)45-54(43-52-22-14-11-15-23-52)66(90)80-59(41-50(3)4)61(85)26-28-64(88)74-31-19-33-99-37-35-97-9;2*1-2/h10-15,20-23,49-50,53-54,57-59H,16-19,24-48H2,1-9H3,(H,73,87)(H,74,88)(H,75,93)(H,76,91)(H,77,94)(H,78,92)(H,79,89)(H,80,90)(H,81,95);2*1-2H2. The maximum atomic E-state index is 13.9. The molecule has 32 nitrogen and oxygen atoms in total. The van der Waals surface area contributed by atoms with Crippen molar-refractivity contribution in [1.29, 1.82) is 0 Å². The number of ether oxygens (including phenoxy) is 7. The van der Waals surface area contributed by atoms with E-state index in [1.54, 1.807) is 95.7 Å². The van der Waals surface area contributed by atoms with Gasteiger partial charge in [0.1, 0.15) is 18.8 Å². The van der Waals surface area contributed by atoms with Crippen LogP contribution in [0.25, 0.3) is 0 Å². The lowest BCUT2D eigenvalue weighted by atomic mass is 9.91. The van der Waals surface area contributed by atoms with Gasteiger partial charge in [-0.3, -0.25) is 43.2 Å². The third-order valence-electron chi connectivity index (χ3n) is 15.1. The molecule has 0 heterocycles. The molecular formula is C76H119N9O23. The number of methoxy groups -OCH3 is 2. The Hall–Kier alpha value is -9.66. The number of Topliss-reactive ketones (excluding diaryl/α,β-unsaturated/α-hetero) is 5. The second-order valence-electron chi connectivity index (χ2n) is 26.4. The van der Waals surface area contributed by atoms with Gasteiger partial charge < -0.3 is 81.0 Å². The van der Waals surface area contributed by atoms with E-state index in [0.29, 0.717) is 65.6 Å². The molecule has 5 unspecified atom stereocenters. The molecule has 2 aromatic carbocycles. The third-order valence-corrected chi connectivity index (χ3v) is 15.1. The van der Waals surface area contributed by atoms with Crippen molar-refractivity contribution in [3.05, 3.63) is 98.1 Å². The molecular weight excluding hydrogens is 1410 g/mol. The summed E-state index contributed by atoms with van der Waals surface area (Å²) in [6, 6.07) is 14.6. The summed E-state index contributed by atoms with van der Waals surface area (Å²) in [4.78, 5) is 192. The van der Waals surface area contributed by atoms with Gasteiger partial charge in [0, 0.05) is 97.4 Å². The van der Waals surface area contributed by atoms with Crippen LogP contribution in [0.3, 0.4) is 0 Å². The monoisotopic (exact) mass is 1530 g/mol. The maximum Gasteiger partial charge on any atom is 0.450 e. The minimum absolute atomic E-state index is 0.0166. The first-order valence-electron chi connectivity index (χ1n) is 36.2. The van der Waals surface area contributed by atoms with E-state index >= 15 is 0 Å². The van der Waals surface area contributed by atoms with Gasteiger partial charge in [-0.2, -0.15) is 0 Å². The number of hydrogen-bond donors (Lipinski definition) is 9. The molecule has 0 aliphatic heterocycles. The van der Waals surface area contributed by atoms with Gasteiger partial charge in [0.05, 0.1) is 64.2 Å². The highest BCUT2D eigenvalue weighted by atomic mass is 17.2. The quantitative estimate of drug-likeness (QED) is 0.0108. The highest BCUT2D eigenvalue weighted by Crippen LogP contribution is 2.19. The Labute approximate surface area is 635 Å². The van der Waals surface area contributed by atoms with E-state index in [4.69, 9.17) is 33.2 Å². The van der Waals surface area contributed by atoms with Crippen LogP contribution in [0, 0.1) is 23.7 Å². The van der Waals surface area contributed by atoms with E-state index in [1.807, 2.05) is 27.7 Å². The van der Waals surface area contributed by atoms with Crippen LogP contribution in [0.15, 0.2) is 87.0 Å². The van der Waals surface area contributed by atoms with Gasteiger partial charge in [0.25, 0.3) is 0 Å². The summed E-state index contributed by atoms with van der Waals surface area (Å²) in [7, 11) is 3.13. The molecule has 108 heavy (non-hydrogen) atoms. The van der Waals surface area contributed by atoms with E-state index in [2.05, 4.69) is 83.9 Å². The van der Waals surface area contributed by atoms with Crippen molar-refractivity contribution in [2.24, 2.45) is 23.7 Å². The number of nitrogens with one attached hydrogen (secondary N) is 9. The molecule has 0 spiro atoms. The lowest BCUT2D eigenvalue weighted by molar-refractivity contribution is -0.178. The number of alkyl carbamates (subject to hydrolysis) is 3. The third kappa shape index (κ3) is 51.5. The van der Waals surface area contributed by atoms with E-state index in [9.17, 15) is 67.1 Å². The molecule has 9 N–H and O–H groups in total. The molecule has 9 amide bonds. The molecule has 0 radical (unpaired) electrons. The Kier molecular flexibility index (Phi) is 55.0. The van der Waals surface area contributed by atoms with Crippen LogP contribution in [-0.2, 0) is 98.9 Å². The van der Waals surface area contributed by atoms with Crippen molar-refractivity contribution in [2.45, 2.75) is 169 Å². The fraction of sp³-hybridized carbons (Fsp3) is 0.605. The fourth-order valence-electron chi connectivity index (χ4n) is 9.92. The van der Waals surface area contributed by atoms with E-state index in [-0.39, 0.29) is 125 Å². The van der Waals surface area contributed by atoms with Gasteiger partial charge in [-0.05, 0) is 102 Å². The number of carbonyl (C=O) groups excluding carboxylic acids is 14. The molecule has 0 saturated carbocycles. The van der Waals surface area contributed by atoms with Gasteiger partial charge >= 0.3 is 30.5 Å². The smallest absolute Gasteiger partial charge is 0.446 e. The molecule has 0 saturated heterocycles. The average Bonchev–Trinajstić information content (AvgIpc) is 0.809. The largest absolute Gasteiger partial charge is 0.450 e. The second kappa shape index (κ2) is 60.4. The van der Waals surface area contributed by atoms with Gasteiger partial charge in [-0.1, -0.05) is 88.4 Å². The molecule has 0 bridgehead atoms. The predicted molar refractivity (Wildman–Crippen MR) is 401 cm³/mol. The van der Waals surface area contributed by atoms with Crippen LogP contribution in [0.1, 0.15) is 143 Å². The lowest BCUT2D eigenvalue weighted by Crippen LogP contribution is -2.46. The maximum absolute atomic E-state index is 13.9. The second-order valence-corrected chi connectivity index (χ2v) is 26.4. The minimum Gasteiger partial charge on any atom is -0.446 e. The molecule has 0 aliphatic carbocycles. The normalized spacial score (nSPS) is 12.1. The number of rotatable bonds is 54. The highest BCUT2D eigenvalue weighted by molar-refractivity contribution is 5.96. The van der Waals surface area contributed by atoms with Crippen LogP contribution in [0.4, 0.5) is 24.0 Å². The van der Waals surface area contributed by atoms with Gasteiger partial charge in [0.15, 0.2) is 28.9 Å². The molecule has 606 valence electrons. The van der Waals surface area contributed by atoms with Crippen LogP contribution in [-0.4, -0.2) is 213 Å². The molecule has 5 atom stereocenters. The summed E-state index contributed by atoms with van der Waals surface area (Å²) in [6.07, 6.45) is -4.59. The Morgan fingerprint density at radius 1 is 0.407 bits per heavy atom. The van der Waals surface area contributed by atoms with Crippen LogP contribution < -0.4 is 47.9 Å². The molecule has 0 aliphatic rings. The number of hydrogen-bond acceptors (Lipinski definition) is 23. The summed E-state index contributed by atoms with van der Waals surface area (Å²) >= 11 is 0. The Bertz CT molecular complexity index is 3010. The summed E-state index contributed by atoms with van der Waals surface area (Å²) in [5.41, 5.74) is 0.561. The van der Waals surface area contributed by atoms with E-state index in [0.717, 1.165) is 11.1 Å². The zero-order valence-corrected chi connectivity index (χ0v) is 64.5. The van der Waals surface area contributed by atoms with Crippen LogP contribution in [0.2, 0.25) is 0 Å². The van der Waals surface area contributed by atoms with Crippen LogP contribution >= 0.6 is 0 Å². The summed E-state index contributed by atoms with van der Waals surface area (Å²) in [5, 5.41) is 22.7. The molecule has 32 heteroatoms. The van der Waals surface area contributed by atoms with Crippen molar-refractivity contribution in [2.75, 3.05) is 106 Å². The van der Waals surface area contributed by atoms with E-state index < -0.39 is 128 Å². The highest BCUT2D eigenvalue weighted by Gasteiger charge is 2.31. The number of benzene rings is 2. The lowest BCUT2D eigenvalue weighted by Gasteiger charge is -2.23. The summed E-state index contributed by atoms with van der Waals surface area (Å²) < 4.78 is 36.1. The van der Waals surface area contributed by atoms with Gasteiger partial charge in [0.2, 0.25) is 23.6 Å². The van der Waals surface area contributed by atoms with Crippen molar-refractivity contribution < 1.29 is 110 Å². The average molecular weight is 1530 g/mol. The Morgan fingerprint density at radius 3 is 1.24 bits per heavy atom. The zero-order valence-electron chi connectivity index (χ0n) is 64.5. The van der Waals surface area contributed by atoms with Crippen molar-refractivity contribution >= 4 is 83.0 Å². The van der Waals surface area contributed by atoms with E-state index in [1.165, 1.54) is 0 Å². The van der Waals surface area contributed by atoms with Gasteiger partial charge in [-0.25, -0.2) is 33.7 Å². The van der Waals surface area contributed by atoms with Gasteiger partial charge in [-0.15, -0.1) is 26.3 Å². The Morgan fingerprint density at radius 2 is 0.815 bits per heavy atom. The van der Waals surface area contributed by atoms with Crippen molar-refractivity contribution in [1.82, 2.24) is 47.9 Å². The number of ketones is 5. The van der Waals surface area contributed by atoms with Crippen LogP contribution in [0.5, 0.6) is 0 Å². The molecule has 2 rings (SSSR count). The van der Waals surface area contributed by atoms with Crippen molar-refractivity contribution in [3.8, 4) is 0 Å². The minimum atomic E-state index is -1.32. The molecule has 0 fully saturated rings. The zero-order chi connectivity index (χ0) is 81.1. The number of amides is 9. The summed E-state index contributed by atoms with van der Waals surface area (Å²) in [5.74, 6) is -6.30. The number of carbonyl (C=O) groups is 14. The summed E-state index contributed by atoms with van der Waals surface area (Å²) in [6.45, 7) is 24.8. The first-order chi connectivity index (χ1) is 51.6. The molecule has 0 aromatic heterocycles. The topological polar surface area (TPSA) is 430 Å². The molecule has 2 aromatic rings. The Balaban J connectivity index is 0.0000281. The SMILES string of the molecule is C=C.C=C.COCCOCCCNC(=O)CCC(=O)C(CC(C)C)NC(=O)C(CC(=O)CNC(=O)OCCOC(=O)NC(CCCCNC(=O)OOC(=O)NCC(=O)CC(Cc1ccccc1)C(=O)NC(CC(C)C)C(=O)CCC(=O)NCCCOCCOC)C(=O)CNC(=O)OC(C)(C)C)Cc1ccccc1. The fourth-order valence-corrected chi connectivity index (χ4v) is 9.92. The predicted octanol–water partition coefficient (Wildman–Crippen LogP) is 6.78. The van der Waals surface area contributed by atoms with Crippen molar-refractivity contribution in [3.63, 3.8) is 0 Å². The first kappa shape index (κ1) is 98.3. The number of unbranched alkanes of at least 4 members (excludes halogenated alkanes) is 1. The first-order valence-corrected chi connectivity index (χ1v) is 36.2.